The summed E-state index contributed by atoms with van der Waals surface area (Å²) >= 11 is 5.90. The quantitative estimate of drug-likeness (QED) is 0.827. The molecule has 0 saturated carbocycles. The van der Waals surface area contributed by atoms with Gasteiger partial charge in [-0.25, -0.2) is 8.42 Å². The van der Waals surface area contributed by atoms with E-state index in [1.54, 1.807) is 18.3 Å². The molecule has 0 aliphatic rings. The summed E-state index contributed by atoms with van der Waals surface area (Å²) in [6.07, 6.45) is -5.01. The van der Waals surface area contributed by atoms with E-state index in [9.17, 15) is 26.4 Å². The van der Waals surface area contributed by atoms with E-state index in [-0.39, 0.29) is 21.3 Å². The van der Waals surface area contributed by atoms with E-state index in [0.29, 0.717) is 5.56 Å². The smallest absolute Gasteiger partial charge is 0.318 e. The second kappa shape index (κ2) is 6.93. The van der Waals surface area contributed by atoms with Crippen molar-refractivity contribution in [1.82, 2.24) is 0 Å². The predicted molar refractivity (Wildman–Crippen MR) is 88.1 cm³/mol. The minimum absolute atomic E-state index is 0.0344. The molecule has 2 rings (SSSR count). The highest BCUT2D eigenvalue weighted by molar-refractivity contribution is 7.92. The van der Waals surface area contributed by atoms with Crippen LogP contribution in [0.3, 0.4) is 0 Å². The molecule has 0 spiro atoms. The van der Waals surface area contributed by atoms with Crippen molar-refractivity contribution in [1.29, 1.82) is 0 Å². The van der Waals surface area contributed by atoms with Gasteiger partial charge in [0.15, 0.2) is 0 Å². The van der Waals surface area contributed by atoms with Gasteiger partial charge in [0.05, 0.1) is 5.02 Å². The van der Waals surface area contributed by atoms with Crippen LogP contribution in [0.2, 0.25) is 5.02 Å². The number of anilines is 2. The molecule has 10 heteroatoms. The summed E-state index contributed by atoms with van der Waals surface area (Å²) in [6, 6.07) is 9.20. The molecule has 2 N–H and O–H groups in total. The maximum atomic E-state index is 12.4. The van der Waals surface area contributed by atoms with Gasteiger partial charge in [0.1, 0.15) is 4.90 Å². The number of sulfonamides is 1. The minimum Gasteiger partial charge on any atom is -0.318 e. The van der Waals surface area contributed by atoms with Crippen LogP contribution >= 0.6 is 11.6 Å². The van der Waals surface area contributed by atoms with E-state index in [0.717, 1.165) is 12.1 Å². The number of benzene rings is 2. The van der Waals surface area contributed by atoms with E-state index in [4.69, 9.17) is 11.6 Å². The third-order valence-electron chi connectivity index (χ3n) is 3.03. The van der Waals surface area contributed by atoms with E-state index in [1.807, 2.05) is 0 Å². The van der Waals surface area contributed by atoms with Crippen LogP contribution in [0, 0.1) is 6.92 Å². The fourth-order valence-corrected chi connectivity index (χ4v) is 3.49. The minimum atomic E-state index is -5.01. The van der Waals surface area contributed by atoms with Crippen molar-refractivity contribution in [2.45, 2.75) is 18.0 Å². The van der Waals surface area contributed by atoms with E-state index in [1.165, 1.54) is 24.3 Å². The lowest BCUT2D eigenvalue weighted by molar-refractivity contribution is -0.167. The Morgan fingerprint density at radius 1 is 1.04 bits per heavy atom. The highest BCUT2D eigenvalue weighted by Gasteiger charge is 2.38. The number of amides is 1. The van der Waals surface area contributed by atoms with Gasteiger partial charge in [-0.05, 0) is 48.9 Å². The Morgan fingerprint density at radius 3 is 2.16 bits per heavy atom. The maximum absolute atomic E-state index is 12.4. The molecule has 0 aliphatic heterocycles. The summed E-state index contributed by atoms with van der Waals surface area (Å²) in [4.78, 5) is 10.7. The van der Waals surface area contributed by atoms with Crippen LogP contribution in [0.4, 0.5) is 24.5 Å². The molecule has 0 fully saturated rings. The van der Waals surface area contributed by atoms with Crippen LogP contribution in [0.15, 0.2) is 47.4 Å². The summed E-state index contributed by atoms with van der Waals surface area (Å²) in [5.74, 6) is -2.12. The van der Waals surface area contributed by atoms with Crippen LogP contribution in [-0.4, -0.2) is 20.5 Å². The number of carbonyl (C=O) groups is 1. The molecule has 134 valence electrons. The Bertz CT molecular complexity index is 897. The highest BCUT2D eigenvalue weighted by atomic mass is 35.5. The fourth-order valence-electron chi connectivity index (χ4n) is 1.85. The molecule has 25 heavy (non-hydrogen) atoms. The number of carbonyl (C=O) groups excluding carboxylic acids is 1. The van der Waals surface area contributed by atoms with Crippen molar-refractivity contribution in [2.75, 3.05) is 10.0 Å². The largest absolute Gasteiger partial charge is 0.471 e. The van der Waals surface area contributed by atoms with Crippen LogP contribution in [0.5, 0.6) is 0 Å². The highest BCUT2D eigenvalue weighted by Crippen LogP contribution is 2.26. The summed E-state index contributed by atoms with van der Waals surface area (Å²) in [7, 11) is -3.97. The lowest BCUT2D eigenvalue weighted by Crippen LogP contribution is -2.29. The molecule has 1 amide bonds. The average Bonchev–Trinajstić information content (AvgIpc) is 2.50. The van der Waals surface area contributed by atoms with Gasteiger partial charge in [0.2, 0.25) is 0 Å². The summed E-state index contributed by atoms with van der Waals surface area (Å²) in [6.45, 7) is 1.70. The lowest BCUT2D eigenvalue weighted by atomic mass is 10.2. The average molecular weight is 393 g/mol. The Morgan fingerprint density at radius 2 is 1.60 bits per heavy atom. The number of halogens is 4. The van der Waals surface area contributed by atoms with Crippen molar-refractivity contribution in [3.8, 4) is 0 Å². The molecule has 0 saturated heterocycles. The van der Waals surface area contributed by atoms with Crippen LogP contribution in [-0.2, 0) is 14.8 Å². The van der Waals surface area contributed by atoms with Gasteiger partial charge >= 0.3 is 12.1 Å². The van der Waals surface area contributed by atoms with Gasteiger partial charge in [-0.15, -0.1) is 0 Å². The van der Waals surface area contributed by atoms with E-state index < -0.39 is 22.1 Å². The molecule has 0 aliphatic carbocycles. The van der Waals surface area contributed by atoms with Crippen molar-refractivity contribution in [3.05, 3.63) is 53.1 Å². The first kappa shape index (κ1) is 19.1. The molecule has 0 heterocycles. The third-order valence-corrected chi connectivity index (χ3v) is 4.89. The Hall–Kier alpha value is -2.26. The molecule has 2 aromatic carbocycles. The number of aryl methyl sites for hydroxylation is 1. The predicted octanol–water partition coefficient (Wildman–Crippen LogP) is 3.95. The topological polar surface area (TPSA) is 75.3 Å². The molecule has 0 bridgehead atoms. The lowest BCUT2D eigenvalue weighted by Gasteiger charge is -2.11. The second-order valence-corrected chi connectivity index (χ2v) is 7.13. The molecular weight excluding hydrogens is 381 g/mol. The molecule has 0 aromatic heterocycles. The van der Waals surface area contributed by atoms with Crippen molar-refractivity contribution in [2.24, 2.45) is 0 Å². The number of hydrogen-bond acceptors (Lipinski definition) is 3. The van der Waals surface area contributed by atoms with Crippen LogP contribution in [0.1, 0.15) is 5.56 Å². The zero-order valence-electron chi connectivity index (χ0n) is 12.7. The second-order valence-electron chi connectivity index (χ2n) is 5.07. The van der Waals surface area contributed by atoms with Gasteiger partial charge in [-0.3, -0.25) is 9.52 Å². The number of rotatable bonds is 4. The zero-order valence-corrected chi connectivity index (χ0v) is 14.3. The van der Waals surface area contributed by atoms with E-state index >= 15 is 0 Å². The van der Waals surface area contributed by atoms with Gasteiger partial charge in [0.25, 0.3) is 10.0 Å². The molecular formula is C15H12ClF3N2O3S. The molecule has 0 atom stereocenters. The maximum Gasteiger partial charge on any atom is 0.471 e. The van der Waals surface area contributed by atoms with E-state index in [2.05, 4.69) is 4.72 Å². The van der Waals surface area contributed by atoms with Crippen molar-refractivity contribution >= 4 is 38.9 Å². The Balaban J connectivity index is 2.18. The monoisotopic (exact) mass is 392 g/mol. The van der Waals surface area contributed by atoms with Gasteiger partial charge in [-0.2, -0.15) is 13.2 Å². The van der Waals surface area contributed by atoms with Crippen molar-refractivity contribution in [3.63, 3.8) is 0 Å². The molecule has 0 radical (unpaired) electrons. The van der Waals surface area contributed by atoms with Crippen molar-refractivity contribution < 1.29 is 26.4 Å². The SMILES string of the molecule is Cc1ccc(Cl)c(S(=O)(=O)Nc2ccc(NC(=O)C(F)(F)F)cc2)c1. The zero-order chi connectivity index (χ0) is 18.8. The first-order valence-electron chi connectivity index (χ1n) is 6.76. The van der Waals surface area contributed by atoms with Gasteiger partial charge in [-0.1, -0.05) is 17.7 Å². The summed E-state index contributed by atoms with van der Waals surface area (Å²) in [5, 5.41) is 1.69. The number of nitrogens with one attached hydrogen (secondary N) is 2. The molecule has 2 aromatic rings. The first-order valence-corrected chi connectivity index (χ1v) is 8.62. The molecule has 5 nitrogen and oxygen atoms in total. The van der Waals surface area contributed by atoms with Crippen LogP contribution in [0.25, 0.3) is 0 Å². The third kappa shape index (κ3) is 4.86. The Kier molecular flexibility index (Phi) is 5.28. The van der Waals surface area contributed by atoms with Crippen LogP contribution < -0.4 is 10.0 Å². The summed E-state index contributed by atoms with van der Waals surface area (Å²) in [5.41, 5.74) is 0.663. The van der Waals surface area contributed by atoms with Gasteiger partial charge in [0, 0.05) is 11.4 Å². The first-order chi connectivity index (χ1) is 11.5. The van der Waals surface area contributed by atoms with Gasteiger partial charge < -0.3 is 5.32 Å². The normalized spacial score (nSPS) is 11.9. The number of alkyl halides is 3. The molecule has 0 unspecified atom stereocenters. The number of hydrogen-bond donors (Lipinski definition) is 2. The standard InChI is InChI=1S/C15H12ClF3N2O3S/c1-9-2-7-12(16)13(8-9)25(23,24)21-11-5-3-10(4-6-11)20-14(22)15(17,18)19/h2-8,21H,1H3,(H,20,22). The summed E-state index contributed by atoms with van der Waals surface area (Å²) < 4.78 is 63.5. The Labute approximate surface area is 146 Å². The fraction of sp³-hybridized carbons (Fsp3) is 0.133.